The van der Waals surface area contributed by atoms with Crippen molar-refractivity contribution in [3.05, 3.63) is 28.8 Å². The molecule has 0 aliphatic heterocycles. The van der Waals surface area contributed by atoms with Gasteiger partial charge in [0, 0.05) is 5.69 Å². The first-order chi connectivity index (χ1) is 11.4. The van der Waals surface area contributed by atoms with Gasteiger partial charge in [0.1, 0.15) is 5.75 Å². The van der Waals surface area contributed by atoms with E-state index < -0.39 is 51.0 Å². The van der Waals surface area contributed by atoms with Crippen molar-refractivity contribution in [2.45, 2.75) is 31.8 Å². The van der Waals surface area contributed by atoms with Crippen LogP contribution in [0.15, 0.2) is 12.1 Å². The van der Waals surface area contributed by atoms with Crippen LogP contribution in [-0.4, -0.2) is 42.6 Å². The summed E-state index contributed by atoms with van der Waals surface area (Å²) in [5.74, 6) is -5.10. The highest BCUT2D eigenvalue weighted by Crippen LogP contribution is 2.47. The Bertz CT molecular complexity index is 802. The number of ether oxygens (including phenoxy) is 1. The van der Waals surface area contributed by atoms with Crippen LogP contribution in [0.4, 0.5) is 32.0 Å². The number of carbonyl (C=O) groups is 1. The molecule has 0 atom stereocenters. The zero-order valence-electron chi connectivity index (χ0n) is 13.2. The Kier molecular flexibility index (Phi) is 5.60. The van der Waals surface area contributed by atoms with E-state index in [-0.39, 0.29) is 11.1 Å². The maximum atomic E-state index is 13.1. The van der Waals surface area contributed by atoms with Crippen LogP contribution in [0.1, 0.15) is 21.5 Å². The largest absolute Gasteiger partial charge is 0.438 e. The van der Waals surface area contributed by atoms with Gasteiger partial charge in [-0.2, -0.15) is 34.8 Å². The zero-order chi connectivity index (χ0) is 20.7. The minimum atomic E-state index is -6.40. The molecule has 0 unspecified atom stereocenters. The van der Waals surface area contributed by atoms with Crippen LogP contribution in [0.2, 0.25) is 0 Å². The molecule has 0 saturated carbocycles. The molecular weight excluding hydrogens is 396 g/mol. The van der Waals surface area contributed by atoms with Gasteiger partial charge in [-0.15, -0.1) is 0 Å². The number of alkyl halides is 6. The molecule has 0 aromatic heterocycles. The van der Waals surface area contributed by atoms with Crippen molar-refractivity contribution in [2.24, 2.45) is 0 Å². The molecule has 0 fully saturated rings. The second-order valence-corrected chi connectivity index (χ2v) is 6.93. The molecule has 0 heterocycles. The molecular formula is C13H13F6NO5S. The number of nitrogens with two attached hydrogens (primary N) is 1. The molecule has 1 aromatic carbocycles. The highest BCUT2D eigenvalue weighted by atomic mass is 32.2. The second-order valence-electron chi connectivity index (χ2n) is 5.48. The Morgan fingerprint density at radius 2 is 1.58 bits per heavy atom. The second kappa shape index (κ2) is 6.61. The Labute approximate surface area is 143 Å². The number of rotatable bonds is 4. The molecule has 0 aliphatic rings. The summed E-state index contributed by atoms with van der Waals surface area (Å²) in [7, 11) is -5.85. The van der Waals surface area contributed by atoms with Gasteiger partial charge in [-0.25, -0.2) is 4.79 Å². The number of nitrogen functional groups attached to an aromatic ring is 1. The number of carbonyl (C=O) groups excluding carboxylic acids is 1. The molecule has 13 heteroatoms. The van der Waals surface area contributed by atoms with E-state index in [0.29, 0.717) is 0 Å². The summed E-state index contributed by atoms with van der Waals surface area (Å²) in [5.41, 5.74) is -0.783. The highest BCUT2D eigenvalue weighted by molar-refractivity contribution is 7.85. The molecule has 0 bridgehead atoms. The lowest BCUT2D eigenvalue weighted by Crippen LogP contribution is -2.63. The van der Waals surface area contributed by atoms with Gasteiger partial charge in [0.2, 0.25) is 0 Å². The standard InChI is InChI=1S/C13H13F6NO5S/c1-6-3-7(2)9(20)8(4-6)10(21)25-11(12(14,15)16,13(17,18)19)5-26(22,23)24/h3-4H,5,20H2,1-2H3,(H,22,23,24). The summed E-state index contributed by atoms with van der Waals surface area (Å²) in [6.45, 7) is 2.74. The van der Waals surface area contributed by atoms with Crippen LogP contribution in [0.25, 0.3) is 0 Å². The smallest absolute Gasteiger partial charge is 0.435 e. The Balaban J connectivity index is 3.58. The van der Waals surface area contributed by atoms with E-state index in [1.165, 1.54) is 19.9 Å². The van der Waals surface area contributed by atoms with Crippen LogP contribution in [0.5, 0.6) is 0 Å². The van der Waals surface area contributed by atoms with Crippen LogP contribution >= 0.6 is 0 Å². The third kappa shape index (κ3) is 4.38. The molecule has 0 radical (unpaired) electrons. The molecule has 0 spiro atoms. The molecule has 0 amide bonds. The number of hydrogen-bond acceptors (Lipinski definition) is 5. The summed E-state index contributed by atoms with van der Waals surface area (Å²) in [5, 5.41) is 0. The normalized spacial score (nSPS) is 13.6. The molecule has 0 aliphatic carbocycles. The lowest BCUT2D eigenvalue weighted by atomic mass is 10.0. The molecule has 148 valence electrons. The quantitative estimate of drug-likeness (QED) is 0.343. The molecule has 6 nitrogen and oxygen atoms in total. The van der Waals surface area contributed by atoms with E-state index in [2.05, 4.69) is 4.74 Å². The van der Waals surface area contributed by atoms with Crippen molar-refractivity contribution in [3.63, 3.8) is 0 Å². The van der Waals surface area contributed by atoms with Gasteiger partial charge in [0.05, 0.1) is 5.56 Å². The van der Waals surface area contributed by atoms with E-state index in [4.69, 9.17) is 10.3 Å². The van der Waals surface area contributed by atoms with Gasteiger partial charge in [-0.3, -0.25) is 4.55 Å². The van der Waals surface area contributed by atoms with E-state index >= 15 is 0 Å². The summed E-state index contributed by atoms with van der Waals surface area (Å²) >= 11 is 0. The lowest BCUT2D eigenvalue weighted by molar-refractivity contribution is -0.356. The van der Waals surface area contributed by atoms with Gasteiger partial charge >= 0.3 is 23.9 Å². The first-order valence-corrected chi connectivity index (χ1v) is 8.21. The van der Waals surface area contributed by atoms with Gasteiger partial charge in [0.15, 0.2) is 0 Å². The van der Waals surface area contributed by atoms with E-state index in [1.54, 1.807) is 0 Å². The monoisotopic (exact) mass is 409 g/mol. The van der Waals surface area contributed by atoms with Gasteiger partial charge < -0.3 is 10.5 Å². The maximum absolute atomic E-state index is 13.1. The zero-order valence-corrected chi connectivity index (χ0v) is 14.0. The van der Waals surface area contributed by atoms with Crippen LogP contribution < -0.4 is 5.73 Å². The average molecular weight is 409 g/mol. The topological polar surface area (TPSA) is 107 Å². The van der Waals surface area contributed by atoms with Gasteiger partial charge in [-0.05, 0) is 31.0 Å². The van der Waals surface area contributed by atoms with Crippen molar-refractivity contribution >= 4 is 21.8 Å². The maximum Gasteiger partial charge on any atom is 0.438 e. The van der Waals surface area contributed by atoms with Crippen molar-refractivity contribution in [3.8, 4) is 0 Å². The van der Waals surface area contributed by atoms with E-state index in [0.717, 1.165) is 6.07 Å². The minimum Gasteiger partial charge on any atom is -0.435 e. The molecule has 1 rings (SSSR count). The van der Waals surface area contributed by atoms with Gasteiger partial charge in [0.25, 0.3) is 10.1 Å². The van der Waals surface area contributed by atoms with Crippen LogP contribution in [0.3, 0.4) is 0 Å². The summed E-state index contributed by atoms with van der Waals surface area (Å²) < 4.78 is 113. The number of anilines is 1. The predicted molar refractivity (Wildman–Crippen MR) is 77.0 cm³/mol. The SMILES string of the molecule is Cc1cc(C)c(N)c(C(=O)OC(CS(=O)(=O)O)(C(F)(F)F)C(F)(F)F)c1. The Morgan fingerprint density at radius 3 is 1.96 bits per heavy atom. The van der Waals surface area contributed by atoms with Crippen molar-refractivity contribution in [2.75, 3.05) is 11.5 Å². The lowest BCUT2D eigenvalue weighted by Gasteiger charge is -2.35. The summed E-state index contributed by atoms with van der Waals surface area (Å²) in [6.07, 6.45) is -12.8. The van der Waals surface area contributed by atoms with Crippen LogP contribution in [0, 0.1) is 13.8 Å². The predicted octanol–water partition coefficient (Wildman–Crippen LogP) is 2.79. The fourth-order valence-corrected chi connectivity index (χ4v) is 2.99. The van der Waals surface area contributed by atoms with Gasteiger partial charge in [-0.1, -0.05) is 6.07 Å². The fourth-order valence-electron chi connectivity index (χ4n) is 2.09. The number of halogens is 6. The first-order valence-electron chi connectivity index (χ1n) is 6.60. The third-order valence-corrected chi connectivity index (χ3v) is 4.09. The third-order valence-electron chi connectivity index (χ3n) is 3.32. The van der Waals surface area contributed by atoms with Crippen molar-refractivity contribution in [1.29, 1.82) is 0 Å². The van der Waals surface area contributed by atoms with E-state index in [9.17, 15) is 39.6 Å². The van der Waals surface area contributed by atoms with E-state index in [1.807, 2.05) is 0 Å². The molecule has 1 aromatic rings. The van der Waals surface area contributed by atoms with Crippen molar-refractivity contribution in [1.82, 2.24) is 0 Å². The number of esters is 1. The number of aryl methyl sites for hydroxylation is 2. The average Bonchev–Trinajstić information content (AvgIpc) is 2.37. The Morgan fingerprint density at radius 1 is 1.12 bits per heavy atom. The molecule has 26 heavy (non-hydrogen) atoms. The Hall–Kier alpha value is -2.02. The highest BCUT2D eigenvalue weighted by Gasteiger charge is 2.76. The van der Waals surface area contributed by atoms with Crippen LogP contribution in [-0.2, 0) is 14.9 Å². The number of hydrogen-bond donors (Lipinski definition) is 2. The van der Waals surface area contributed by atoms with Crippen molar-refractivity contribution < 1.29 is 48.8 Å². The minimum absolute atomic E-state index is 0.177. The summed E-state index contributed by atoms with van der Waals surface area (Å²) in [4.78, 5) is 12.0. The fraction of sp³-hybridized carbons (Fsp3) is 0.462. The molecule has 3 N–H and O–H groups in total. The number of benzene rings is 1. The summed E-state index contributed by atoms with van der Waals surface area (Å²) in [6, 6.07) is 2.29. The first kappa shape index (κ1) is 22.0. The molecule has 0 saturated heterocycles.